The van der Waals surface area contributed by atoms with E-state index in [1.54, 1.807) is 36.4 Å². The Morgan fingerprint density at radius 3 is 2.27 bits per heavy atom. The van der Waals surface area contributed by atoms with Crippen LogP contribution in [0.4, 0.5) is 5.69 Å². The van der Waals surface area contributed by atoms with E-state index in [0.29, 0.717) is 12.2 Å². The van der Waals surface area contributed by atoms with Gasteiger partial charge >= 0.3 is 0 Å². The summed E-state index contributed by atoms with van der Waals surface area (Å²) in [6, 6.07) is 21.5. The van der Waals surface area contributed by atoms with E-state index in [1.807, 2.05) is 36.4 Å². The molecule has 0 spiro atoms. The van der Waals surface area contributed by atoms with E-state index in [4.69, 9.17) is 4.74 Å². The molecule has 33 heavy (non-hydrogen) atoms. The molecule has 0 aromatic heterocycles. The minimum Gasteiger partial charge on any atom is -0.483 e. The van der Waals surface area contributed by atoms with Gasteiger partial charge in [0.25, 0.3) is 11.8 Å². The zero-order chi connectivity index (χ0) is 23.6. The molecular weight excluding hydrogens is 601 g/mol. The smallest absolute Gasteiger partial charge is 0.262 e. The minimum absolute atomic E-state index is 0.184. The molecule has 3 rings (SSSR count). The molecule has 0 heterocycles. The zero-order valence-electron chi connectivity index (χ0n) is 17.4. The molecule has 0 atom stereocenters. The highest BCUT2D eigenvalue weighted by Crippen LogP contribution is 2.18. The molecule has 3 amide bonds. The summed E-state index contributed by atoms with van der Waals surface area (Å²) in [5.41, 5.74) is 1.84. The molecule has 0 saturated carbocycles. The first-order valence-corrected chi connectivity index (χ1v) is 11.8. The van der Waals surface area contributed by atoms with Crippen molar-refractivity contribution < 1.29 is 19.1 Å². The van der Waals surface area contributed by atoms with Crippen molar-refractivity contribution in [1.29, 1.82) is 0 Å². The van der Waals surface area contributed by atoms with Gasteiger partial charge in [-0.05, 0) is 76.7 Å². The summed E-state index contributed by atoms with van der Waals surface area (Å²) >= 11 is 5.54. The van der Waals surface area contributed by atoms with Crippen molar-refractivity contribution in [2.75, 3.05) is 18.5 Å². The van der Waals surface area contributed by atoms with Gasteiger partial charge < -0.3 is 20.7 Å². The van der Waals surface area contributed by atoms with Gasteiger partial charge in [-0.3, -0.25) is 14.4 Å². The van der Waals surface area contributed by atoms with Crippen LogP contribution >= 0.6 is 38.5 Å². The molecule has 0 saturated heterocycles. The molecule has 3 aromatic carbocycles. The summed E-state index contributed by atoms with van der Waals surface area (Å²) in [5, 5.41) is 8.07. The van der Waals surface area contributed by atoms with Gasteiger partial charge in [0, 0.05) is 20.3 Å². The molecule has 170 valence electrons. The van der Waals surface area contributed by atoms with E-state index < -0.39 is 5.91 Å². The lowest BCUT2D eigenvalue weighted by atomic mass is 10.2. The Kier molecular flexibility index (Phi) is 9.25. The summed E-state index contributed by atoms with van der Waals surface area (Å²) in [6.45, 7) is -0.0850. The molecule has 9 heteroatoms. The average molecular weight is 622 g/mol. The fourth-order valence-electron chi connectivity index (χ4n) is 2.77. The lowest BCUT2D eigenvalue weighted by molar-refractivity contribution is -0.120. The lowest BCUT2D eigenvalue weighted by Crippen LogP contribution is -2.36. The van der Waals surface area contributed by atoms with E-state index in [9.17, 15) is 14.4 Å². The molecule has 3 aromatic rings. The first-order chi connectivity index (χ1) is 15.9. The standard InChI is InChI=1S/C24H21BrIN3O4/c25-17-7-5-16(6-8-17)13-27-22(30)14-28-24(32)20-3-1-2-4-21(20)33-15-23(31)29-19-11-9-18(26)10-12-19/h1-12H,13-15H2,(H,27,30)(H,28,32)(H,29,31). The number of carbonyl (C=O) groups excluding carboxylic acids is 3. The number of anilines is 1. The van der Waals surface area contributed by atoms with Crippen LogP contribution in [0.25, 0.3) is 0 Å². The van der Waals surface area contributed by atoms with Crippen LogP contribution in [-0.2, 0) is 16.1 Å². The van der Waals surface area contributed by atoms with Gasteiger partial charge in [0.15, 0.2) is 6.61 Å². The number of carbonyl (C=O) groups is 3. The highest BCUT2D eigenvalue weighted by atomic mass is 127. The Balaban J connectivity index is 1.48. The number of hydrogen-bond donors (Lipinski definition) is 3. The molecule has 0 bridgehead atoms. The molecule has 0 aliphatic rings. The second-order valence-corrected chi connectivity index (χ2v) is 9.09. The molecular formula is C24H21BrIN3O4. The third-order valence-corrected chi connectivity index (χ3v) is 5.68. The van der Waals surface area contributed by atoms with Gasteiger partial charge in [0.05, 0.1) is 12.1 Å². The normalized spacial score (nSPS) is 10.2. The van der Waals surface area contributed by atoms with E-state index in [2.05, 4.69) is 54.5 Å². The number of halogens is 2. The van der Waals surface area contributed by atoms with E-state index in [0.717, 1.165) is 13.6 Å². The van der Waals surface area contributed by atoms with Crippen molar-refractivity contribution in [1.82, 2.24) is 10.6 Å². The maximum absolute atomic E-state index is 12.6. The summed E-state index contributed by atoms with van der Waals surface area (Å²) in [5.74, 6) is -0.884. The van der Waals surface area contributed by atoms with Crippen LogP contribution in [0, 0.1) is 3.57 Å². The summed E-state index contributed by atoms with van der Waals surface area (Å²) in [4.78, 5) is 36.8. The number of para-hydroxylation sites is 1. The number of nitrogens with one attached hydrogen (secondary N) is 3. The van der Waals surface area contributed by atoms with Gasteiger partial charge in [-0.2, -0.15) is 0 Å². The highest BCUT2D eigenvalue weighted by molar-refractivity contribution is 14.1. The molecule has 0 unspecified atom stereocenters. The topological polar surface area (TPSA) is 96.5 Å². The van der Waals surface area contributed by atoms with Gasteiger partial charge in [-0.25, -0.2) is 0 Å². The van der Waals surface area contributed by atoms with Crippen molar-refractivity contribution in [2.45, 2.75) is 6.54 Å². The first kappa shape index (κ1) is 24.7. The van der Waals surface area contributed by atoms with Crippen molar-refractivity contribution in [3.05, 3.63) is 92.0 Å². The van der Waals surface area contributed by atoms with Crippen molar-refractivity contribution in [2.24, 2.45) is 0 Å². The molecule has 0 aliphatic carbocycles. The Hall–Kier alpha value is -2.92. The lowest BCUT2D eigenvalue weighted by Gasteiger charge is -2.12. The summed E-state index contributed by atoms with van der Waals surface area (Å²) < 4.78 is 7.57. The zero-order valence-corrected chi connectivity index (χ0v) is 21.2. The van der Waals surface area contributed by atoms with Crippen molar-refractivity contribution in [3.63, 3.8) is 0 Å². The van der Waals surface area contributed by atoms with Crippen LogP contribution < -0.4 is 20.7 Å². The Morgan fingerprint density at radius 1 is 0.848 bits per heavy atom. The summed E-state index contributed by atoms with van der Waals surface area (Å²) in [7, 11) is 0. The van der Waals surface area contributed by atoms with Gasteiger partial charge in [0.1, 0.15) is 5.75 Å². The van der Waals surface area contributed by atoms with Gasteiger partial charge in [0.2, 0.25) is 5.91 Å². The van der Waals surface area contributed by atoms with Crippen LogP contribution in [-0.4, -0.2) is 30.9 Å². The number of rotatable bonds is 9. The monoisotopic (exact) mass is 621 g/mol. The van der Waals surface area contributed by atoms with E-state index in [-0.39, 0.29) is 36.3 Å². The maximum atomic E-state index is 12.6. The third kappa shape index (κ3) is 8.17. The molecule has 7 nitrogen and oxygen atoms in total. The predicted octanol–water partition coefficient (Wildman–Crippen LogP) is 4.12. The van der Waals surface area contributed by atoms with Crippen LogP contribution in [0.15, 0.2) is 77.3 Å². The summed E-state index contributed by atoms with van der Waals surface area (Å²) in [6.07, 6.45) is 0. The number of hydrogen-bond acceptors (Lipinski definition) is 4. The largest absolute Gasteiger partial charge is 0.483 e. The average Bonchev–Trinajstić information content (AvgIpc) is 2.82. The molecule has 3 N–H and O–H groups in total. The van der Waals surface area contributed by atoms with Crippen molar-refractivity contribution in [3.8, 4) is 5.75 Å². The predicted molar refractivity (Wildman–Crippen MR) is 138 cm³/mol. The minimum atomic E-state index is -0.470. The second-order valence-electron chi connectivity index (χ2n) is 6.93. The Labute approximate surface area is 213 Å². The molecule has 0 fully saturated rings. The Morgan fingerprint density at radius 2 is 1.55 bits per heavy atom. The fourth-order valence-corrected chi connectivity index (χ4v) is 3.40. The molecule has 0 aliphatic heterocycles. The second kappa shape index (κ2) is 12.4. The quantitative estimate of drug-likeness (QED) is 0.313. The van der Waals surface area contributed by atoms with E-state index in [1.165, 1.54) is 0 Å². The number of amides is 3. The first-order valence-electron chi connectivity index (χ1n) is 9.97. The van der Waals surface area contributed by atoms with Crippen LogP contribution in [0.2, 0.25) is 0 Å². The van der Waals surface area contributed by atoms with Crippen LogP contribution in [0.1, 0.15) is 15.9 Å². The van der Waals surface area contributed by atoms with Crippen molar-refractivity contribution >= 4 is 61.9 Å². The van der Waals surface area contributed by atoms with Gasteiger partial charge in [-0.15, -0.1) is 0 Å². The van der Waals surface area contributed by atoms with Crippen LogP contribution in [0.5, 0.6) is 5.75 Å². The maximum Gasteiger partial charge on any atom is 0.262 e. The Bertz CT molecular complexity index is 1120. The van der Waals surface area contributed by atoms with Gasteiger partial charge in [-0.1, -0.05) is 40.2 Å². The highest BCUT2D eigenvalue weighted by Gasteiger charge is 2.14. The van der Waals surface area contributed by atoms with Crippen LogP contribution in [0.3, 0.4) is 0 Å². The third-order valence-electron chi connectivity index (χ3n) is 4.43. The number of ether oxygens (including phenoxy) is 1. The van der Waals surface area contributed by atoms with E-state index >= 15 is 0 Å². The fraction of sp³-hybridized carbons (Fsp3) is 0.125. The SMILES string of the molecule is O=C(CNC(=O)c1ccccc1OCC(=O)Nc1ccc(I)cc1)NCc1ccc(Br)cc1. The molecule has 0 radical (unpaired) electrons. The number of benzene rings is 3.